The van der Waals surface area contributed by atoms with E-state index < -0.39 is 0 Å². The summed E-state index contributed by atoms with van der Waals surface area (Å²) in [6.07, 6.45) is 0. The lowest BCUT2D eigenvalue weighted by Gasteiger charge is -2.09. The molecule has 8 heteroatoms. The van der Waals surface area contributed by atoms with E-state index in [-0.39, 0.29) is 30.8 Å². The van der Waals surface area contributed by atoms with Gasteiger partial charge in [0, 0.05) is 11.5 Å². The second-order valence-corrected chi connectivity index (χ2v) is 3.19. The average molecular weight is 293 g/mol. The Labute approximate surface area is 116 Å². The first-order valence-electron chi connectivity index (χ1n) is 4.60. The molecule has 0 amide bonds. The minimum absolute atomic E-state index is 0. The molecule has 0 aliphatic heterocycles. The van der Waals surface area contributed by atoms with Crippen molar-refractivity contribution in [2.45, 2.75) is 0 Å². The van der Waals surface area contributed by atoms with Crippen LogP contribution in [0.4, 0.5) is 11.8 Å². The van der Waals surface area contributed by atoms with Crippen LogP contribution >= 0.6 is 24.8 Å². The monoisotopic (exact) mass is 292 g/mol. The van der Waals surface area contributed by atoms with Crippen LogP contribution in [0.25, 0.3) is 10.9 Å². The Balaban J connectivity index is 0.00000144. The first kappa shape index (κ1) is 16.3. The molecule has 0 radical (unpaired) electrons. The summed E-state index contributed by atoms with van der Waals surface area (Å²) in [7, 11) is 3.11. The third-order valence-corrected chi connectivity index (χ3v) is 2.25. The summed E-state index contributed by atoms with van der Waals surface area (Å²) in [5, 5.41) is 0.687. The van der Waals surface area contributed by atoms with Crippen molar-refractivity contribution in [3.63, 3.8) is 0 Å². The number of fused-ring (bicyclic) bond motifs is 1. The molecule has 0 atom stereocenters. The molecule has 1 heterocycles. The van der Waals surface area contributed by atoms with E-state index in [4.69, 9.17) is 20.9 Å². The van der Waals surface area contributed by atoms with Crippen LogP contribution in [0.5, 0.6) is 11.5 Å². The molecular formula is C10H14Cl2N4O2. The molecule has 2 rings (SSSR count). The molecular weight excluding hydrogens is 279 g/mol. The number of nitrogens with zero attached hydrogens (tertiary/aromatic N) is 2. The lowest BCUT2D eigenvalue weighted by Crippen LogP contribution is -2.01. The van der Waals surface area contributed by atoms with Crippen molar-refractivity contribution < 1.29 is 9.47 Å². The maximum atomic E-state index is 5.74. The minimum atomic E-state index is 0. The van der Waals surface area contributed by atoms with Gasteiger partial charge in [0.25, 0.3) is 0 Å². The van der Waals surface area contributed by atoms with Crippen LogP contribution in [-0.2, 0) is 0 Å². The maximum absolute atomic E-state index is 5.74. The van der Waals surface area contributed by atoms with Gasteiger partial charge in [-0.25, -0.2) is 4.98 Å². The van der Waals surface area contributed by atoms with Crippen LogP contribution in [0.1, 0.15) is 0 Å². The molecule has 0 aliphatic rings. The summed E-state index contributed by atoms with van der Waals surface area (Å²) < 4.78 is 10.3. The van der Waals surface area contributed by atoms with E-state index in [0.717, 1.165) is 0 Å². The highest BCUT2D eigenvalue weighted by Crippen LogP contribution is 2.33. The van der Waals surface area contributed by atoms with E-state index in [2.05, 4.69) is 9.97 Å². The van der Waals surface area contributed by atoms with E-state index in [9.17, 15) is 0 Å². The van der Waals surface area contributed by atoms with Gasteiger partial charge in [0.2, 0.25) is 5.95 Å². The Morgan fingerprint density at radius 1 is 0.944 bits per heavy atom. The molecule has 1 aromatic heterocycles. The molecule has 2 aromatic rings. The molecule has 4 N–H and O–H groups in total. The van der Waals surface area contributed by atoms with Crippen molar-refractivity contribution in [1.82, 2.24) is 9.97 Å². The number of aromatic nitrogens is 2. The van der Waals surface area contributed by atoms with Crippen LogP contribution in [0.2, 0.25) is 0 Å². The lowest BCUT2D eigenvalue weighted by atomic mass is 10.2. The quantitative estimate of drug-likeness (QED) is 0.874. The summed E-state index contributed by atoms with van der Waals surface area (Å²) in [4.78, 5) is 7.95. The van der Waals surface area contributed by atoms with Crippen LogP contribution < -0.4 is 20.9 Å². The van der Waals surface area contributed by atoms with Gasteiger partial charge in [-0.05, 0) is 6.07 Å². The number of hydrogen-bond donors (Lipinski definition) is 2. The fraction of sp³-hybridized carbons (Fsp3) is 0.200. The molecule has 0 saturated heterocycles. The topological polar surface area (TPSA) is 96.3 Å². The van der Waals surface area contributed by atoms with Crippen LogP contribution in [-0.4, -0.2) is 24.2 Å². The van der Waals surface area contributed by atoms with Crippen LogP contribution in [0.3, 0.4) is 0 Å². The van der Waals surface area contributed by atoms with Gasteiger partial charge >= 0.3 is 0 Å². The van der Waals surface area contributed by atoms with Gasteiger partial charge in [-0.2, -0.15) is 4.98 Å². The molecule has 6 nitrogen and oxygen atoms in total. The molecule has 0 spiro atoms. The Bertz CT molecular complexity index is 551. The van der Waals surface area contributed by atoms with Gasteiger partial charge in [0.05, 0.1) is 19.7 Å². The van der Waals surface area contributed by atoms with E-state index in [1.54, 1.807) is 26.4 Å². The largest absolute Gasteiger partial charge is 0.493 e. The third-order valence-electron chi connectivity index (χ3n) is 2.25. The molecule has 100 valence electrons. The Kier molecular flexibility index (Phi) is 5.74. The highest BCUT2D eigenvalue weighted by atomic mass is 35.5. The zero-order valence-electron chi connectivity index (χ0n) is 9.84. The summed E-state index contributed by atoms with van der Waals surface area (Å²) in [5.74, 6) is 1.61. The lowest BCUT2D eigenvalue weighted by molar-refractivity contribution is 0.356. The SMILES string of the molecule is COc1cc2nc(N)nc(N)c2cc1OC.Cl.Cl. The molecule has 1 aromatic carbocycles. The predicted octanol–water partition coefficient (Wildman–Crippen LogP) is 1.65. The number of methoxy groups -OCH3 is 2. The number of anilines is 2. The van der Waals surface area contributed by atoms with Crippen LogP contribution in [0.15, 0.2) is 12.1 Å². The Morgan fingerprint density at radius 3 is 2.06 bits per heavy atom. The molecule has 0 fully saturated rings. The highest BCUT2D eigenvalue weighted by molar-refractivity contribution is 5.91. The van der Waals surface area contributed by atoms with Gasteiger partial charge in [-0.1, -0.05) is 0 Å². The normalized spacial score (nSPS) is 9.22. The first-order valence-corrected chi connectivity index (χ1v) is 4.60. The zero-order chi connectivity index (χ0) is 11.7. The minimum Gasteiger partial charge on any atom is -0.493 e. The summed E-state index contributed by atoms with van der Waals surface area (Å²) in [6, 6.07) is 3.44. The van der Waals surface area contributed by atoms with Crippen molar-refractivity contribution in [2.75, 3.05) is 25.7 Å². The number of nitrogen functional groups attached to an aromatic ring is 2. The second kappa shape index (κ2) is 6.32. The highest BCUT2D eigenvalue weighted by Gasteiger charge is 2.10. The number of halogens is 2. The fourth-order valence-electron chi connectivity index (χ4n) is 1.50. The van der Waals surface area contributed by atoms with Crippen molar-refractivity contribution in [2.24, 2.45) is 0 Å². The van der Waals surface area contributed by atoms with Crippen molar-refractivity contribution in [3.05, 3.63) is 12.1 Å². The molecule has 0 unspecified atom stereocenters. The van der Waals surface area contributed by atoms with Gasteiger partial charge in [-0.3, -0.25) is 0 Å². The summed E-state index contributed by atoms with van der Waals surface area (Å²) in [5.41, 5.74) is 11.9. The van der Waals surface area contributed by atoms with E-state index >= 15 is 0 Å². The first-order chi connectivity index (χ1) is 7.65. The van der Waals surface area contributed by atoms with E-state index in [1.807, 2.05) is 0 Å². The molecule has 0 saturated carbocycles. The van der Waals surface area contributed by atoms with Crippen molar-refractivity contribution in [3.8, 4) is 11.5 Å². The molecule has 0 bridgehead atoms. The van der Waals surface area contributed by atoms with E-state index in [1.165, 1.54) is 0 Å². The molecule has 18 heavy (non-hydrogen) atoms. The maximum Gasteiger partial charge on any atom is 0.222 e. The van der Waals surface area contributed by atoms with E-state index in [0.29, 0.717) is 28.2 Å². The number of benzene rings is 1. The van der Waals surface area contributed by atoms with Gasteiger partial charge in [0.1, 0.15) is 5.82 Å². The van der Waals surface area contributed by atoms with Gasteiger partial charge < -0.3 is 20.9 Å². The van der Waals surface area contributed by atoms with Crippen molar-refractivity contribution in [1.29, 1.82) is 0 Å². The number of rotatable bonds is 2. The third kappa shape index (κ3) is 2.77. The summed E-state index contributed by atoms with van der Waals surface area (Å²) in [6.45, 7) is 0. The molecule has 0 aliphatic carbocycles. The Hall–Kier alpha value is -1.66. The predicted molar refractivity (Wildman–Crippen MR) is 76.0 cm³/mol. The van der Waals surface area contributed by atoms with Gasteiger partial charge in [0.15, 0.2) is 11.5 Å². The van der Waals surface area contributed by atoms with Gasteiger partial charge in [-0.15, -0.1) is 24.8 Å². The Morgan fingerprint density at radius 2 is 1.50 bits per heavy atom. The fourth-order valence-corrected chi connectivity index (χ4v) is 1.50. The average Bonchev–Trinajstić information content (AvgIpc) is 2.27. The number of hydrogen-bond acceptors (Lipinski definition) is 6. The number of nitrogens with two attached hydrogens (primary N) is 2. The van der Waals surface area contributed by atoms with Crippen LogP contribution in [0, 0.1) is 0 Å². The number of ether oxygens (including phenoxy) is 2. The second-order valence-electron chi connectivity index (χ2n) is 3.19. The standard InChI is InChI=1S/C10H12N4O2.2ClH/c1-15-7-3-5-6(4-8(7)16-2)13-10(12)14-9(5)11;;/h3-4H,1-2H3,(H4,11,12,13,14);2*1H. The smallest absolute Gasteiger partial charge is 0.222 e. The van der Waals surface area contributed by atoms with Crippen molar-refractivity contribution >= 4 is 47.5 Å². The summed E-state index contributed by atoms with van der Waals surface area (Å²) >= 11 is 0. The zero-order valence-corrected chi connectivity index (χ0v) is 11.5.